The molecule has 0 saturated heterocycles. The average molecular weight is 226 g/mol. The molecule has 82 valence electrons. The van der Waals surface area contributed by atoms with Crippen molar-refractivity contribution >= 4 is 17.4 Å². The Bertz CT molecular complexity index is 350. The fraction of sp³-hybridized carbons (Fsp3) is 0.636. The largest absolute Gasteiger partial charge is 0.367 e. The summed E-state index contributed by atoms with van der Waals surface area (Å²) in [5.41, 5.74) is 1.02. The van der Waals surface area contributed by atoms with Gasteiger partial charge in [0, 0.05) is 11.6 Å². The van der Waals surface area contributed by atoms with E-state index in [1.165, 1.54) is 19.2 Å². The molecule has 1 fully saturated rings. The highest BCUT2D eigenvalue weighted by molar-refractivity contribution is 6.30. The number of rotatable bonds is 4. The maximum absolute atomic E-state index is 6.02. The van der Waals surface area contributed by atoms with Gasteiger partial charge < -0.3 is 5.32 Å². The van der Waals surface area contributed by atoms with Crippen LogP contribution < -0.4 is 5.32 Å². The summed E-state index contributed by atoms with van der Waals surface area (Å²) in [5, 5.41) is 4.00. The van der Waals surface area contributed by atoms with E-state index >= 15 is 0 Å². The van der Waals surface area contributed by atoms with E-state index in [4.69, 9.17) is 11.6 Å². The molecule has 3 nitrogen and oxygen atoms in total. The first-order valence-electron chi connectivity index (χ1n) is 5.48. The van der Waals surface area contributed by atoms with Gasteiger partial charge in [-0.2, -0.15) is 0 Å². The Morgan fingerprint density at radius 1 is 1.53 bits per heavy atom. The Morgan fingerprint density at radius 3 is 2.87 bits per heavy atom. The van der Waals surface area contributed by atoms with E-state index in [9.17, 15) is 0 Å². The van der Waals surface area contributed by atoms with Gasteiger partial charge in [-0.25, -0.2) is 9.97 Å². The Morgan fingerprint density at radius 2 is 2.27 bits per heavy atom. The molecule has 1 atom stereocenters. The van der Waals surface area contributed by atoms with Crippen LogP contribution in [0.3, 0.4) is 0 Å². The van der Waals surface area contributed by atoms with E-state index in [2.05, 4.69) is 29.1 Å². The quantitative estimate of drug-likeness (QED) is 0.801. The molecule has 2 rings (SSSR count). The summed E-state index contributed by atoms with van der Waals surface area (Å²) in [6.07, 6.45) is 5.03. The first-order valence-corrected chi connectivity index (χ1v) is 5.86. The van der Waals surface area contributed by atoms with Gasteiger partial charge in [0.25, 0.3) is 0 Å². The van der Waals surface area contributed by atoms with Crippen molar-refractivity contribution in [1.82, 2.24) is 9.97 Å². The third kappa shape index (κ3) is 2.40. The molecule has 0 aliphatic heterocycles. The van der Waals surface area contributed by atoms with Crippen molar-refractivity contribution in [2.24, 2.45) is 5.92 Å². The Labute approximate surface area is 95.3 Å². The van der Waals surface area contributed by atoms with Crippen LogP contribution in [0, 0.1) is 5.92 Å². The van der Waals surface area contributed by atoms with E-state index in [1.54, 1.807) is 0 Å². The van der Waals surface area contributed by atoms with Gasteiger partial charge in [-0.3, -0.25) is 0 Å². The van der Waals surface area contributed by atoms with E-state index < -0.39 is 0 Å². The Hall–Kier alpha value is -0.830. The van der Waals surface area contributed by atoms with Crippen LogP contribution in [0.1, 0.15) is 32.3 Å². The second-order valence-electron chi connectivity index (χ2n) is 4.12. The standard InChI is InChI=1S/C11H16ClN3/c1-3-9-10(12)13-6-14-11(9)15-7(2)8-4-5-8/h6-8H,3-5H2,1-2H3,(H,13,14,15). The van der Waals surface area contributed by atoms with Gasteiger partial charge in [-0.05, 0) is 32.1 Å². The number of nitrogens with zero attached hydrogens (tertiary/aromatic N) is 2. The van der Waals surface area contributed by atoms with Crippen molar-refractivity contribution in [1.29, 1.82) is 0 Å². The fourth-order valence-electron chi connectivity index (χ4n) is 1.76. The lowest BCUT2D eigenvalue weighted by Gasteiger charge is -2.16. The maximum Gasteiger partial charge on any atom is 0.137 e. The van der Waals surface area contributed by atoms with Crippen LogP contribution in [0.5, 0.6) is 0 Å². The van der Waals surface area contributed by atoms with Crippen molar-refractivity contribution in [3.63, 3.8) is 0 Å². The Balaban J connectivity index is 2.15. The number of aromatic nitrogens is 2. The summed E-state index contributed by atoms with van der Waals surface area (Å²) in [6.45, 7) is 4.27. The second-order valence-corrected chi connectivity index (χ2v) is 4.47. The van der Waals surface area contributed by atoms with Crippen LogP contribution in [0.25, 0.3) is 0 Å². The number of anilines is 1. The SMILES string of the molecule is CCc1c(Cl)ncnc1NC(C)C1CC1. The molecule has 1 aromatic heterocycles. The number of hydrogen-bond acceptors (Lipinski definition) is 3. The van der Waals surface area contributed by atoms with Gasteiger partial charge in [0.2, 0.25) is 0 Å². The molecule has 1 heterocycles. The van der Waals surface area contributed by atoms with Gasteiger partial charge in [0.15, 0.2) is 0 Å². The second kappa shape index (κ2) is 4.35. The molecule has 1 aliphatic carbocycles. The van der Waals surface area contributed by atoms with Crippen LogP contribution in [0.15, 0.2) is 6.33 Å². The minimum atomic E-state index is 0.487. The molecule has 4 heteroatoms. The highest BCUT2D eigenvalue weighted by Gasteiger charge is 2.28. The van der Waals surface area contributed by atoms with Gasteiger partial charge in [-0.1, -0.05) is 18.5 Å². The van der Waals surface area contributed by atoms with Crippen LogP contribution in [0.4, 0.5) is 5.82 Å². The van der Waals surface area contributed by atoms with E-state index in [0.717, 1.165) is 23.7 Å². The summed E-state index contributed by atoms with van der Waals surface area (Å²) < 4.78 is 0. The minimum absolute atomic E-state index is 0.487. The highest BCUT2D eigenvalue weighted by atomic mass is 35.5. The molecule has 1 aromatic rings. The first-order chi connectivity index (χ1) is 7.22. The van der Waals surface area contributed by atoms with E-state index in [-0.39, 0.29) is 0 Å². The summed E-state index contributed by atoms with van der Waals surface area (Å²) in [5.74, 6) is 1.71. The van der Waals surface area contributed by atoms with Crippen molar-refractivity contribution in [2.75, 3.05) is 5.32 Å². The van der Waals surface area contributed by atoms with Crippen molar-refractivity contribution < 1.29 is 0 Å². The summed E-state index contributed by atoms with van der Waals surface area (Å²) in [7, 11) is 0. The molecule has 1 aliphatic rings. The van der Waals surface area contributed by atoms with Gasteiger partial charge in [0.05, 0.1) is 0 Å². The van der Waals surface area contributed by atoms with E-state index in [0.29, 0.717) is 11.2 Å². The Kier molecular flexibility index (Phi) is 3.10. The normalized spacial score (nSPS) is 17.5. The molecule has 15 heavy (non-hydrogen) atoms. The molecule has 0 radical (unpaired) electrons. The topological polar surface area (TPSA) is 37.8 Å². The van der Waals surface area contributed by atoms with Crippen molar-refractivity contribution in [3.05, 3.63) is 17.0 Å². The molecule has 0 bridgehead atoms. The number of nitrogens with one attached hydrogen (secondary N) is 1. The lowest BCUT2D eigenvalue weighted by molar-refractivity contribution is 0.688. The lowest BCUT2D eigenvalue weighted by atomic mass is 10.2. The van der Waals surface area contributed by atoms with Crippen LogP contribution in [-0.4, -0.2) is 16.0 Å². The van der Waals surface area contributed by atoms with E-state index in [1.807, 2.05) is 0 Å². The van der Waals surface area contributed by atoms with Crippen LogP contribution >= 0.6 is 11.6 Å². The minimum Gasteiger partial charge on any atom is -0.367 e. The van der Waals surface area contributed by atoms with Gasteiger partial charge in [-0.15, -0.1) is 0 Å². The zero-order valence-electron chi connectivity index (χ0n) is 9.13. The molecular weight excluding hydrogens is 210 g/mol. The highest BCUT2D eigenvalue weighted by Crippen LogP contribution is 2.34. The molecule has 1 saturated carbocycles. The summed E-state index contributed by atoms with van der Waals surface area (Å²) >= 11 is 6.02. The summed E-state index contributed by atoms with van der Waals surface area (Å²) in [4.78, 5) is 8.25. The third-order valence-corrected chi connectivity index (χ3v) is 3.27. The number of halogens is 1. The van der Waals surface area contributed by atoms with Gasteiger partial charge >= 0.3 is 0 Å². The average Bonchev–Trinajstić information content (AvgIpc) is 3.01. The fourth-order valence-corrected chi connectivity index (χ4v) is 2.03. The maximum atomic E-state index is 6.02. The van der Waals surface area contributed by atoms with Crippen LogP contribution in [0.2, 0.25) is 5.15 Å². The molecule has 1 unspecified atom stereocenters. The third-order valence-electron chi connectivity index (χ3n) is 2.94. The predicted molar refractivity (Wildman–Crippen MR) is 62.2 cm³/mol. The van der Waals surface area contributed by atoms with Crippen molar-refractivity contribution in [2.45, 2.75) is 39.2 Å². The molecule has 0 spiro atoms. The zero-order chi connectivity index (χ0) is 10.8. The van der Waals surface area contributed by atoms with Crippen molar-refractivity contribution in [3.8, 4) is 0 Å². The summed E-state index contributed by atoms with van der Waals surface area (Å²) in [6, 6.07) is 0.487. The van der Waals surface area contributed by atoms with Crippen LogP contribution in [-0.2, 0) is 6.42 Å². The first kappa shape index (κ1) is 10.7. The smallest absolute Gasteiger partial charge is 0.137 e. The number of hydrogen-bond donors (Lipinski definition) is 1. The monoisotopic (exact) mass is 225 g/mol. The predicted octanol–water partition coefficient (Wildman–Crippen LogP) is 2.90. The molecule has 1 N–H and O–H groups in total. The van der Waals surface area contributed by atoms with Gasteiger partial charge in [0.1, 0.15) is 17.3 Å². The molecular formula is C11H16ClN3. The molecule has 0 aromatic carbocycles. The lowest BCUT2D eigenvalue weighted by Crippen LogP contribution is -2.19. The zero-order valence-corrected chi connectivity index (χ0v) is 9.88. The molecule has 0 amide bonds.